The maximum absolute atomic E-state index is 11.7. The molecule has 1 aromatic carbocycles. The average Bonchev–Trinajstić information content (AvgIpc) is 3.44. The van der Waals surface area contributed by atoms with Crippen LogP contribution in [0.3, 0.4) is 0 Å². The van der Waals surface area contributed by atoms with Gasteiger partial charge in [0, 0.05) is 6.54 Å². The van der Waals surface area contributed by atoms with Gasteiger partial charge < -0.3 is 13.9 Å². The molecule has 1 aliphatic rings. The normalized spacial score (nSPS) is 17.3. The van der Waals surface area contributed by atoms with Crippen LogP contribution in [0.1, 0.15) is 33.6 Å². The van der Waals surface area contributed by atoms with E-state index in [9.17, 15) is 4.79 Å². The number of methoxy groups -OCH3 is 1. The van der Waals surface area contributed by atoms with Crippen LogP contribution in [0.5, 0.6) is 0 Å². The summed E-state index contributed by atoms with van der Waals surface area (Å²) in [5.74, 6) is 0.529. The number of carbonyl (C=O) groups excluding carboxylic acids is 1. The minimum absolute atomic E-state index is 0.245. The highest BCUT2D eigenvalue weighted by Crippen LogP contribution is 2.27. The van der Waals surface area contributed by atoms with Gasteiger partial charge in [-0.25, -0.2) is 9.48 Å². The molecule has 0 radical (unpaired) electrons. The Kier molecular flexibility index (Phi) is 4.99. The standard InChI is InChI=1S/C19H20N4O4/c1-25-19(24)15-5-2-4-14(10-15)11-23-13-17(20-21-23)18-22(7-9-27-18)12-16-6-3-8-26-16/h2-6,8,10,13,18H,7,9,11-12H2,1H3/t18-/m0/s1. The maximum Gasteiger partial charge on any atom is 0.337 e. The van der Waals surface area contributed by atoms with Gasteiger partial charge >= 0.3 is 5.97 Å². The van der Waals surface area contributed by atoms with E-state index in [2.05, 4.69) is 15.2 Å². The minimum atomic E-state index is -0.357. The second kappa shape index (κ2) is 7.73. The van der Waals surface area contributed by atoms with Crippen molar-refractivity contribution in [3.05, 3.63) is 71.4 Å². The predicted molar refractivity (Wildman–Crippen MR) is 94.7 cm³/mol. The Morgan fingerprint density at radius 1 is 1.30 bits per heavy atom. The Bertz CT molecular complexity index is 906. The van der Waals surface area contributed by atoms with Gasteiger partial charge in [-0.15, -0.1) is 5.10 Å². The molecule has 0 aliphatic carbocycles. The first-order chi connectivity index (χ1) is 13.2. The monoisotopic (exact) mass is 368 g/mol. The van der Waals surface area contributed by atoms with Gasteiger partial charge in [0.15, 0.2) is 6.23 Å². The number of ether oxygens (including phenoxy) is 2. The van der Waals surface area contributed by atoms with Crippen molar-refractivity contribution in [2.24, 2.45) is 0 Å². The van der Waals surface area contributed by atoms with Crippen LogP contribution in [-0.4, -0.2) is 46.1 Å². The molecule has 0 bridgehead atoms. The molecule has 1 aliphatic heterocycles. The van der Waals surface area contributed by atoms with Gasteiger partial charge in [0.05, 0.1) is 44.8 Å². The molecule has 27 heavy (non-hydrogen) atoms. The summed E-state index contributed by atoms with van der Waals surface area (Å²) in [5, 5.41) is 8.47. The number of hydrogen-bond acceptors (Lipinski definition) is 7. The first-order valence-corrected chi connectivity index (χ1v) is 8.68. The number of aromatic nitrogens is 3. The van der Waals surface area contributed by atoms with Crippen LogP contribution in [0.15, 0.2) is 53.3 Å². The SMILES string of the molecule is COC(=O)c1cccc(Cn2cc([C@@H]3OCCN3Cc3ccco3)nn2)c1. The van der Waals surface area contributed by atoms with E-state index in [4.69, 9.17) is 13.9 Å². The molecule has 3 heterocycles. The van der Waals surface area contributed by atoms with Crippen molar-refractivity contribution >= 4 is 5.97 Å². The van der Waals surface area contributed by atoms with Crippen molar-refractivity contribution in [2.45, 2.75) is 19.3 Å². The number of hydrogen-bond donors (Lipinski definition) is 0. The summed E-state index contributed by atoms with van der Waals surface area (Å²) in [6, 6.07) is 11.1. The summed E-state index contributed by atoms with van der Waals surface area (Å²) >= 11 is 0. The number of benzene rings is 1. The summed E-state index contributed by atoms with van der Waals surface area (Å²) in [6.07, 6.45) is 3.29. The van der Waals surface area contributed by atoms with Gasteiger partial charge in [-0.05, 0) is 29.8 Å². The van der Waals surface area contributed by atoms with E-state index >= 15 is 0 Å². The van der Waals surface area contributed by atoms with Gasteiger partial charge in [-0.3, -0.25) is 4.90 Å². The quantitative estimate of drug-likeness (QED) is 0.617. The molecule has 1 fully saturated rings. The minimum Gasteiger partial charge on any atom is -0.468 e. The molecular formula is C19H20N4O4. The van der Waals surface area contributed by atoms with Crippen LogP contribution in [0.4, 0.5) is 0 Å². The molecule has 4 rings (SSSR count). The van der Waals surface area contributed by atoms with E-state index in [0.717, 1.165) is 23.6 Å². The Labute approximate surface area is 156 Å². The smallest absolute Gasteiger partial charge is 0.337 e. The largest absolute Gasteiger partial charge is 0.468 e. The first-order valence-electron chi connectivity index (χ1n) is 8.68. The molecule has 1 atom stereocenters. The van der Waals surface area contributed by atoms with Gasteiger partial charge in [-0.2, -0.15) is 0 Å². The lowest BCUT2D eigenvalue weighted by molar-refractivity contribution is 0.0223. The van der Waals surface area contributed by atoms with Crippen molar-refractivity contribution < 1.29 is 18.7 Å². The van der Waals surface area contributed by atoms with Crippen LogP contribution < -0.4 is 0 Å². The Morgan fingerprint density at radius 3 is 3.04 bits per heavy atom. The number of nitrogens with zero attached hydrogens (tertiary/aromatic N) is 4. The van der Waals surface area contributed by atoms with Gasteiger partial charge in [0.25, 0.3) is 0 Å². The third kappa shape index (κ3) is 3.91. The average molecular weight is 368 g/mol. The fraction of sp³-hybridized carbons (Fsp3) is 0.316. The molecule has 0 saturated carbocycles. The van der Waals surface area contributed by atoms with Crippen LogP contribution in [0, 0.1) is 0 Å². The van der Waals surface area contributed by atoms with Crippen molar-refractivity contribution in [3.8, 4) is 0 Å². The van der Waals surface area contributed by atoms with Crippen molar-refractivity contribution in [3.63, 3.8) is 0 Å². The second-order valence-corrected chi connectivity index (χ2v) is 6.31. The third-order valence-corrected chi connectivity index (χ3v) is 4.43. The zero-order valence-electron chi connectivity index (χ0n) is 14.9. The van der Waals surface area contributed by atoms with E-state index in [0.29, 0.717) is 25.3 Å². The summed E-state index contributed by atoms with van der Waals surface area (Å²) in [6.45, 7) is 2.60. The predicted octanol–water partition coefficient (Wildman–Crippen LogP) is 2.24. The highest BCUT2D eigenvalue weighted by atomic mass is 16.5. The summed E-state index contributed by atoms with van der Waals surface area (Å²) < 4.78 is 17.8. The molecular weight excluding hydrogens is 348 g/mol. The van der Waals surface area contributed by atoms with Crippen LogP contribution in [0.25, 0.3) is 0 Å². The molecule has 0 unspecified atom stereocenters. The van der Waals surface area contributed by atoms with Gasteiger partial charge in [0.2, 0.25) is 0 Å². The number of furan rings is 1. The highest BCUT2D eigenvalue weighted by Gasteiger charge is 2.30. The molecule has 2 aromatic heterocycles. The molecule has 140 valence electrons. The fourth-order valence-electron chi connectivity index (χ4n) is 3.15. The molecule has 0 spiro atoms. The fourth-order valence-corrected chi connectivity index (χ4v) is 3.15. The van der Waals surface area contributed by atoms with Crippen molar-refractivity contribution in [2.75, 3.05) is 20.3 Å². The summed E-state index contributed by atoms with van der Waals surface area (Å²) in [5.41, 5.74) is 2.20. The van der Waals surface area contributed by atoms with Gasteiger partial charge in [0.1, 0.15) is 11.5 Å². The maximum atomic E-state index is 11.7. The molecule has 1 saturated heterocycles. The number of carbonyl (C=O) groups is 1. The van der Waals surface area contributed by atoms with E-state index in [-0.39, 0.29) is 12.2 Å². The zero-order valence-corrected chi connectivity index (χ0v) is 14.9. The Balaban J connectivity index is 1.46. The van der Waals surface area contributed by atoms with E-state index < -0.39 is 0 Å². The molecule has 3 aromatic rings. The van der Waals surface area contributed by atoms with Crippen LogP contribution in [-0.2, 0) is 22.6 Å². The molecule has 0 N–H and O–H groups in total. The zero-order chi connectivity index (χ0) is 18.6. The van der Waals surface area contributed by atoms with E-state index in [1.807, 2.05) is 30.5 Å². The van der Waals surface area contributed by atoms with Gasteiger partial charge in [-0.1, -0.05) is 17.3 Å². The topological polar surface area (TPSA) is 82.6 Å². The van der Waals surface area contributed by atoms with Crippen molar-refractivity contribution in [1.82, 2.24) is 19.9 Å². The van der Waals surface area contributed by atoms with Crippen LogP contribution >= 0.6 is 0 Å². The Hall–Kier alpha value is -2.97. The number of rotatable bonds is 6. The molecule has 8 nitrogen and oxygen atoms in total. The number of esters is 1. The van der Waals surface area contributed by atoms with Crippen LogP contribution in [0.2, 0.25) is 0 Å². The van der Waals surface area contributed by atoms with Crippen molar-refractivity contribution in [1.29, 1.82) is 0 Å². The lowest BCUT2D eigenvalue weighted by Crippen LogP contribution is -2.23. The lowest BCUT2D eigenvalue weighted by atomic mass is 10.1. The second-order valence-electron chi connectivity index (χ2n) is 6.31. The highest BCUT2D eigenvalue weighted by molar-refractivity contribution is 5.89. The van der Waals surface area contributed by atoms with E-state index in [1.165, 1.54) is 7.11 Å². The molecule has 0 amide bonds. The lowest BCUT2D eigenvalue weighted by Gasteiger charge is -2.19. The van der Waals surface area contributed by atoms with E-state index in [1.54, 1.807) is 23.1 Å². The third-order valence-electron chi connectivity index (χ3n) is 4.43. The summed E-state index contributed by atoms with van der Waals surface area (Å²) in [7, 11) is 1.37. The summed E-state index contributed by atoms with van der Waals surface area (Å²) in [4.78, 5) is 13.8. The first kappa shape index (κ1) is 17.4. The Morgan fingerprint density at radius 2 is 2.22 bits per heavy atom. The molecule has 8 heteroatoms.